The number of hydrogen-bond donors (Lipinski definition) is 2. The van der Waals surface area contributed by atoms with Crippen LogP contribution in [0, 0.1) is 6.92 Å². The summed E-state index contributed by atoms with van der Waals surface area (Å²) >= 11 is 1.61. The fraction of sp³-hybridized carbons (Fsp3) is 0.316. The molecule has 1 aromatic carbocycles. The highest BCUT2D eigenvalue weighted by Crippen LogP contribution is 2.32. The lowest BCUT2D eigenvalue weighted by atomic mass is 10.1. The first-order valence-corrected chi connectivity index (χ1v) is 11.1. The van der Waals surface area contributed by atoms with Crippen molar-refractivity contribution < 1.29 is 13.5 Å². The average molecular weight is 406 g/mol. The number of hydrogen-bond acceptors (Lipinski definition) is 6. The Morgan fingerprint density at radius 2 is 2.04 bits per heavy atom. The zero-order chi connectivity index (χ0) is 19.4. The fourth-order valence-electron chi connectivity index (χ4n) is 3.08. The summed E-state index contributed by atoms with van der Waals surface area (Å²) in [5.74, 6) is -0.167. The van der Waals surface area contributed by atoms with Gasteiger partial charge in [-0.1, -0.05) is 12.1 Å². The Morgan fingerprint density at radius 3 is 2.74 bits per heavy atom. The number of nitrogens with zero attached hydrogens (tertiary/aromatic N) is 2. The second-order valence-corrected chi connectivity index (χ2v) is 9.26. The molecule has 0 saturated carbocycles. The van der Waals surface area contributed by atoms with Gasteiger partial charge in [0.15, 0.2) is 0 Å². The van der Waals surface area contributed by atoms with E-state index in [1.54, 1.807) is 36.5 Å². The first-order valence-electron chi connectivity index (χ1n) is 8.75. The van der Waals surface area contributed by atoms with Gasteiger partial charge in [-0.15, -0.1) is 11.3 Å². The lowest BCUT2D eigenvalue weighted by Crippen LogP contribution is -2.35. The number of aromatic nitrogens is 1. The van der Waals surface area contributed by atoms with Crippen molar-refractivity contribution >= 4 is 32.1 Å². The Kier molecular flexibility index (Phi) is 6.11. The molecule has 6 nitrogen and oxygen atoms in total. The lowest BCUT2D eigenvalue weighted by Gasteiger charge is -2.23. The van der Waals surface area contributed by atoms with Crippen LogP contribution in [0.2, 0.25) is 0 Å². The van der Waals surface area contributed by atoms with Crippen LogP contribution in [0.4, 0.5) is 0 Å². The minimum atomic E-state index is -3.75. The van der Waals surface area contributed by atoms with E-state index < -0.39 is 10.0 Å². The normalized spacial score (nSPS) is 12.1. The molecule has 0 spiro atoms. The third-order valence-electron chi connectivity index (χ3n) is 4.46. The zero-order valence-corrected chi connectivity index (χ0v) is 16.8. The highest BCUT2D eigenvalue weighted by atomic mass is 32.2. The quantitative estimate of drug-likeness (QED) is 0.601. The van der Waals surface area contributed by atoms with Crippen molar-refractivity contribution in [3.05, 3.63) is 52.3 Å². The third kappa shape index (κ3) is 4.14. The predicted octanol–water partition coefficient (Wildman–Crippen LogP) is 2.89. The van der Waals surface area contributed by atoms with E-state index in [2.05, 4.69) is 4.98 Å². The summed E-state index contributed by atoms with van der Waals surface area (Å²) in [5.41, 5.74) is 6.33. The van der Waals surface area contributed by atoms with Crippen LogP contribution in [0.15, 0.2) is 46.8 Å². The number of aromatic hydroxyl groups is 1. The van der Waals surface area contributed by atoms with Crippen molar-refractivity contribution in [2.24, 2.45) is 5.73 Å². The molecule has 0 amide bonds. The van der Waals surface area contributed by atoms with E-state index in [0.717, 1.165) is 4.88 Å². The number of nitrogens with two attached hydrogens (primary N) is 1. The molecule has 0 aliphatic rings. The first-order chi connectivity index (χ1) is 12.9. The molecular formula is C19H23N3O3S2. The van der Waals surface area contributed by atoms with Gasteiger partial charge in [0.25, 0.3) is 0 Å². The van der Waals surface area contributed by atoms with Crippen LogP contribution in [0.3, 0.4) is 0 Å². The summed E-state index contributed by atoms with van der Waals surface area (Å²) in [7, 11) is -3.75. The van der Waals surface area contributed by atoms with Crippen molar-refractivity contribution in [2.45, 2.75) is 24.7 Å². The third-order valence-corrected chi connectivity index (χ3v) is 7.34. The maximum absolute atomic E-state index is 13.5. The van der Waals surface area contributed by atoms with E-state index in [-0.39, 0.29) is 10.8 Å². The lowest BCUT2D eigenvalue weighted by molar-refractivity contribution is 0.411. The van der Waals surface area contributed by atoms with E-state index in [1.807, 2.05) is 17.5 Å². The molecule has 8 heteroatoms. The van der Waals surface area contributed by atoms with E-state index in [4.69, 9.17) is 5.73 Å². The maximum atomic E-state index is 13.5. The largest absolute Gasteiger partial charge is 0.493 e. The molecule has 2 aromatic heterocycles. The zero-order valence-electron chi connectivity index (χ0n) is 15.1. The number of rotatable bonds is 8. The average Bonchev–Trinajstić information content (AvgIpc) is 3.18. The van der Waals surface area contributed by atoms with Gasteiger partial charge in [0.2, 0.25) is 15.9 Å². The molecule has 0 aliphatic heterocycles. The number of sulfonamides is 1. The summed E-state index contributed by atoms with van der Waals surface area (Å²) in [5, 5.41) is 13.0. The summed E-state index contributed by atoms with van der Waals surface area (Å²) in [6.07, 6.45) is 2.73. The Hall–Kier alpha value is -2.00. The summed E-state index contributed by atoms with van der Waals surface area (Å²) in [6.45, 7) is 2.96. The summed E-state index contributed by atoms with van der Waals surface area (Å²) in [6, 6.07) is 8.87. The van der Waals surface area contributed by atoms with E-state index in [1.165, 1.54) is 10.5 Å². The standard InChI is InChI=1S/C19H23N3O3S2/c1-14-13-21-19(23)16-6-2-7-17(18(14)16)27(24,25)22(10-4-9-20)11-8-15-5-3-12-26-15/h2-3,5-7,12-13H,4,8-11,20H2,1H3,(H,21,23). The molecule has 2 heterocycles. The maximum Gasteiger partial charge on any atom is 0.243 e. The van der Waals surface area contributed by atoms with Crippen LogP contribution in [-0.2, 0) is 16.4 Å². The monoisotopic (exact) mass is 405 g/mol. The highest BCUT2D eigenvalue weighted by Gasteiger charge is 2.27. The molecule has 0 aliphatic carbocycles. The highest BCUT2D eigenvalue weighted by molar-refractivity contribution is 7.89. The van der Waals surface area contributed by atoms with Crippen LogP contribution in [0.25, 0.3) is 10.8 Å². The Bertz CT molecular complexity index is 1020. The van der Waals surface area contributed by atoms with Crippen molar-refractivity contribution in [3.63, 3.8) is 0 Å². The number of benzene rings is 1. The first kappa shape index (κ1) is 19.8. The molecule has 0 bridgehead atoms. The number of fused-ring (bicyclic) bond motifs is 1. The molecule has 3 N–H and O–H groups in total. The van der Waals surface area contributed by atoms with E-state index in [9.17, 15) is 13.5 Å². The molecule has 0 fully saturated rings. The van der Waals surface area contributed by atoms with Gasteiger partial charge in [0, 0.05) is 34.9 Å². The van der Waals surface area contributed by atoms with Gasteiger partial charge in [-0.3, -0.25) is 0 Å². The van der Waals surface area contributed by atoms with Crippen molar-refractivity contribution in [1.29, 1.82) is 0 Å². The second kappa shape index (κ2) is 8.35. The van der Waals surface area contributed by atoms with Gasteiger partial charge in [-0.25, -0.2) is 13.4 Å². The number of aryl methyl sites for hydroxylation is 1. The molecular weight excluding hydrogens is 382 g/mol. The van der Waals surface area contributed by atoms with Gasteiger partial charge >= 0.3 is 0 Å². The van der Waals surface area contributed by atoms with Gasteiger partial charge in [-0.2, -0.15) is 4.31 Å². The van der Waals surface area contributed by atoms with Crippen LogP contribution >= 0.6 is 11.3 Å². The molecule has 0 unspecified atom stereocenters. The minimum absolute atomic E-state index is 0.167. The minimum Gasteiger partial charge on any atom is -0.493 e. The van der Waals surface area contributed by atoms with Crippen LogP contribution in [0.5, 0.6) is 5.88 Å². The van der Waals surface area contributed by atoms with Crippen molar-refractivity contribution in [1.82, 2.24) is 9.29 Å². The van der Waals surface area contributed by atoms with Gasteiger partial charge < -0.3 is 10.8 Å². The second-order valence-electron chi connectivity index (χ2n) is 6.32. The predicted molar refractivity (Wildman–Crippen MR) is 109 cm³/mol. The number of thiophene rings is 1. The van der Waals surface area contributed by atoms with Crippen LogP contribution in [0.1, 0.15) is 16.9 Å². The molecule has 0 saturated heterocycles. The molecule has 0 radical (unpaired) electrons. The van der Waals surface area contributed by atoms with E-state index >= 15 is 0 Å². The Labute approximate surface area is 163 Å². The molecule has 3 rings (SSSR count). The molecule has 27 heavy (non-hydrogen) atoms. The molecule has 0 atom stereocenters. The molecule has 144 valence electrons. The van der Waals surface area contributed by atoms with Crippen molar-refractivity contribution in [2.75, 3.05) is 19.6 Å². The number of pyridine rings is 1. The van der Waals surface area contributed by atoms with Gasteiger partial charge in [-0.05, 0) is 55.5 Å². The van der Waals surface area contributed by atoms with Gasteiger partial charge in [0.05, 0.1) is 4.90 Å². The Balaban J connectivity index is 2.03. The fourth-order valence-corrected chi connectivity index (χ4v) is 5.54. The summed E-state index contributed by atoms with van der Waals surface area (Å²) < 4.78 is 28.4. The summed E-state index contributed by atoms with van der Waals surface area (Å²) in [4.78, 5) is 5.26. The van der Waals surface area contributed by atoms with Crippen molar-refractivity contribution in [3.8, 4) is 5.88 Å². The Morgan fingerprint density at radius 1 is 1.22 bits per heavy atom. The SMILES string of the molecule is Cc1cnc(O)c2cccc(S(=O)(=O)N(CCCN)CCc3cccs3)c12. The van der Waals surface area contributed by atoms with E-state index in [0.29, 0.717) is 48.8 Å². The van der Waals surface area contributed by atoms with Crippen LogP contribution < -0.4 is 5.73 Å². The topological polar surface area (TPSA) is 96.5 Å². The molecule has 3 aromatic rings. The smallest absolute Gasteiger partial charge is 0.243 e. The van der Waals surface area contributed by atoms with Gasteiger partial charge in [0.1, 0.15) is 0 Å². The van der Waals surface area contributed by atoms with Crippen LogP contribution in [-0.4, -0.2) is 42.4 Å².